The summed E-state index contributed by atoms with van der Waals surface area (Å²) in [5.41, 5.74) is 0.754. The molecule has 0 fully saturated rings. The summed E-state index contributed by atoms with van der Waals surface area (Å²) in [6.45, 7) is 1.80. The number of hydrogen-bond acceptors (Lipinski definition) is 7. The Hall–Kier alpha value is -1.41. The van der Waals surface area contributed by atoms with Crippen LogP contribution in [0.4, 0.5) is 5.95 Å². The number of carbonyl (C=O) groups excluding carboxylic acids is 1. The van der Waals surface area contributed by atoms with Crippen LogP contribution in [0.5, 0.6) is 0 Å². The lowest BCUT2D eigenvalue weighted by molar-refractivity contribution is -0.115. The molecular weight excluding hydrogens is 260 g/mol. The minimum Gasteiger partial charge on any atom is -0.361 e. The summed E-state index contributed by atoms with van der Waals surface area (Å²) in [7, 11) is 0. The van der Waals surface area contributed by atoms with Gasteiger partial charge in [-0.3, -0.25) is 10.1 Å². The molecule has 0 aliphatic carbocycles. The normalized spacial score (nSPS) is 10.5. The lowest BCUT2D eigenvalue weighted by Crippen LogP contribution is -2.14. The van der Waals surface area contributed by atoms with E-state index < -0.39 is 0 Å². The smallest absolute Gasteiger partial charge is 0.242 e. The summed E-state index contributed by atoms with van der Waals surface area (Å²) >= 11 is 2.74. The first-order valence-corrected chi connectivity index (χ1v) is 6.77. The standard InChI is InChI=1S/C9H10N4O2S2/c1-5-3-6(15-12-5)4-7(14)10-8-11-9(16-2)17-13-8/h3H,4H2,1-2H3,(H,10,13,14). The summed E-state index contributed by atoms with van der Waals surface area (Å²) < 4.78 is 9.77. The van der Waals surface area contributed by atoms with E-state index in [1.165, 1.54) is 23.3 Å². The molecule has 0 bridgehead atoms. The number of carbonyl (C=O) groups is 1. The third kappa shape index (κ3) is 3.27. The third-order valence-electron chi connectivity index (χ3n) is 1.84. The van der Waals surface area contributed by atoms with Crippen LogP contribution in [-0.4, -0.2) is 26.7 Å². The van der Waals surface area contributed by atoms with Gasteiger partial charge in [0.15, 0.2) is 4.34 Å². The van der Waals surface area contributed by atoms with Gasteiger partial charge >= 0.3 is 0 Å². The number of anilines is 1. The quantitative estimate of drug-likeness (QED) is 0.852. The van der Waals surface area contributed by atoms with Crippen LogP contribution in [0.3, 0.4) is 0 Å². The van der Waals surface area contributed by atoms with Crippen molar-refractivity contribution >= 4 is 35.1 Å². The van der Waals surface area contributed by atoms with E-state index in [4.69, 9.17) is 4.52 Å². The number of nitrogens with one attached hydrogen (secondary N) is 1. The van der Waals surface area contributed by atoms with Crippen LogP contribution in [0.25, 0.3) is 0 Å². The van der Waals surface area contributed by atoms with Crippen molar-refractivity contribution in [1.29, 1.82) is 0 Å². The molecule has 0 saturated heterocycles. The zero-order valence-corrected chi connectivity index (χ0v) is 10.9. The van der Waals surface area contributed by atoms with Gasteiger partial charge < -0.3 is 4.52 Å². The maximum atomic E-state index is 11.6. The van der Waals surface area contributed by atoms with Crippen molar-refractivity contribution in [3.63, 3.8) is 0 Å². The summed E-state index contributed by atoms with van der Waals surface area (Å²) in [5, 5.41) is 6.31. The van der Waals surface area contributed by atoms with Gasteiger partial charge in [-0.05, 0) is 24.7 Å². The number of amides is 1. The molecule has 0 aromatic carbocycles. The van der Waals surface area contributed by atoms with Crippen LogP contribution in [0.15, 0.2) is 14.9 Å². The summed E-state index contributed by atoms with van der Waals surface area (Å²) in [4.78, 5) is 15.7. The zero-order chi connectivity index (χ0) is 12.3. The Labute approximate surface area is 106 Å². The van der Waals surface area contributed by atoms with Gasteiger partial charge in [0.25, 0.3) is 0 Å². The maximum absolute atomic E-state index is 11.6. The van der Waals surface area contributed by atoms with Crippen molar-refractivity contribution in [3.8, 4) is 0 Å². The largest absolute Gasteiger partial charge is 0.361 e. The Morgan fingerprint density at radius 2 is 2.47 bits per heavy atom. The molecule has 17 heavy (non-hydrogen) atoms. The second-order valence-electron chi connectivity index (χ2n) is 3.25. The van der Waals surface area contributed by atoms with Gasteiger partial charge in [-0.2, -0.15) is 9.36 Å². The Balaban J connectivity index is 1.93. The number of rotatable bonds is 4. The highest BCUT2D eigenvalue weighted by atomic mass is 32.2. The molecule has 1 N–H and O–H groups in total. The van der Waals surface area contributed by atoms with Crippen LogP contribution < -0.4 is 5.32 Å². The predicted molar refractivity (Wildman–Crippen MR) is 65.3 cm³/mol. The molecule has 0 radical (unpaired) electrons. The summed E-state index contributed by atoms with van der Waals surface area (Å²) in [6, 6.07) is 1.72. The fourth-order valence-electron chi connectivity index (χ4n) is 1.17. The molecule has 90 valence electrons. The molecule has 2 heterocycles. The number of hydrogen-bond donors (Lipinski definition) is 1. The van der Waals surface area contributed by atoms with E-state index in [2.05, 4.69) is 19.8 Å². The second-order valence-corrected chi connectivity index (χ2v) is 5.05. The molecule has 2 rings (SSSR count). The Morgan fingerprint density at radius 3 is 3.06 bits per heavy atom. The minimum atomic E-state index is -0.216. The molecule has 0 unspecified atom stereocenters. The van der Waals surface area contributed by atoms with Crippen molar-refractivity contribution in [2.75, 3.05) is 11.6 Å². The second kappa shape index (κ2) is 5.28. The van der Waals surface area contributed by atoms with Crippen molar-refractivity contribution in [1.82, 2.24) is 14.5 Å². The Kier molecular flexibility index (Phi) is 3.75. The number of thioether (sulfide) groups is 1. The van der Waals surface area contributed by atoms with Crippen LogP contribution in [-0.2, 0) is 11.2 Å². The highest BCUT2D eigenvalue weighted by Gasteiger charge is 2.11. The van der Waals surface area contributed by atoms with E-state index in [1.54, 1.807) is 13.0 Å². The first kappa shape index (κ1) is 12.1. The molecule has 0 aliphatic heterocycles. The summed E-state index contributed by atoms with van der Waals surface area (Å²) in [5.74, 6) is 0.646. The lowest BCUT2D eigenvalue weighted by atomic mass is 10.3. The molecule has 6 nitrogen and oxygen atoms in total. The van der Waals surface area contributed by atoms with Crippen LogP contribution >= 0.6 is 23.3 Å². The molecule has 0 spiro atoms. The first-order chi connectivity index (χ1) is 8.17. The molecule has 2 aromatic rings. The van der Waals surface area contributed by atoms with E-state index in [1.807, 2.05) is 6.26 Å². The van der Waals surface area contributed by atoms with Gasteiger partial charge in [0.2, 0.25) is 11.9 Å². The molecule has 8 heteroatoms. The van der Waals surface area contributed by atoms with Crippen molar-refractivity contribution in [3.05, 3.63) is 17.5 Å². The highest BCUT2D eigenvalue weighted by Crippen LogP contribution is 2.18. The topological polar surface area (TPSA) is 80.9 Å². The van der Waals surface area contributed by atoms with E-state index >= 15 is 0 Å². The molecular formula is C9H10N4O2S2. The average Bonchev–Trinajstić information content (AvgIpc) is 2.88. The maximum Gasteiger partial charge on any atom is 0.242 e. The molecule has 0 aliphatic rings. The molecule has 0 atom stereocenters. The number of aryl methyl sites for hydroxylation is 1. The van der Waals surface area contributed by atoms with Crippen LogP contribution in [0.2, 0.25) is 0 Å². The predicted octanol–water partition coefficient (Wildman–Crippen LogP) is 1.74. The van der Waals surface area contributed by atoms with Crippen LogP contribution in [0.1, 0.15) is 11.5 Å². The minimum absolute atomic E-state index is 0.134. The van der Waals surface area contributed by atoms with E-state index in [9.17, 15) is 4.79 Å². The Bertz CT molecular complexity index is 523. The van der Waals surface area contributed by atoms with E-state index in [-0.39, 0.29) is 12.3 Å². The highest BCUT2D eigenvalue weighted by molar-refractivity contribution is 8.00. The summed E-state index contributed by atoms with van der Waals surface area (Å²) in [6.07, 6.45) is 2.04. The Morgan fingerprint density at radius 1 is 1.65 bits per heavy atom. The van der Waals surface area contributed by atoms with Crippen molar-refractivity contribution in [2.45, 2.75) is 17.7 Å². The molecule has 2 aromatic heterocycles. The van der Waals surface area contributed by atoms with Crippen LogP contribution in [0, 0.1) is 6.92 Å². The van der Waals surface area contributed by atoms with E-state index in [0.29, 0.717) is 11.7 Å². The fraction of sp³-hybridized carbons (Fsp3) is 0.333. The van der Waals surface area contributed by atoms with E-state index in [0.717, 1.165) is 10.0 Å². The van der Waals surface area contributed by atoms with Crippen molar-refractivity contribution in [2.24, 2.45) is 0 Å². The third-order valence-corrected chi connectivity index (χ3v) is 3.52. The molecule has 0 saturated carbocycles. The SMILES string of the molecule is CSc1nc(NC(=O)Cc2cc(C)no2)ns1. The average molecular weight is 270 g/mol. The number of aromatic nitrogens is 3. The van der Waals surface area contributed by atoms with Gasteiger partial charge in [0, 0.05) is 6.07 Å². The zero-order valence-electron chi connectivity index (χ0n) is 9.26. The lowest BCUT2D eigenvalue weighted by Gasteiger charge is -1.96. The van der Waals surface area contributed by atoms with Crippen molar-refractivity contribution < 1.29 is 9.32 Å². The number of nitrogens with zero attached hydrogens (tertiary/aromatic N) is 3. The fourth-order valence-corrected chi connectivity index (χ4v) is 2.14. The van der Waals surface area contributed by atoms with Gasteiger partial charge in [-0.15, -0.1) is 0 Å². The first-order valence-electron chi connectivity index (χ1n) is 4.77. The monoisotopic (exact) mass is 270 g/mol. The van der Waals surface area contributed by atoms with Gasteiger partial charge in [0.05, 0.1) is 12.1 Å². The van der Waals surface area contributed by atoms with Gasteiger partial charge in [-0.1, -0.05) is 16.9 Å². The molecule has 1 amide bonds. The van der Waals surface area contributed by atoms with Gasteiger partial charge in [0.1, 0.15) is 5.76 Å². The van der Waals surface area contributed by atoms with Gasteiger partial charge in [-0.25, -0.2) is 0 Å².